The molecule has 2 saturated heterocycles. The summed E-state index contributed by atoms with van der Waals surface area (Å²) in [6, 6.07) is 10.8. The van der Waals surface area contributed by atoms with Crippen molar-refractivity contribution in [3.8, 4) is 0 Å². The molecule has 2 aliphatic heterocycles. The second-order valence-corrected chi connectivity index (χ2v) is 8.82. The van der Waals surface area contributed by atoms with Gasteiger partial charge in [-0.2, -0.15) is 0 Å². The van der Waals surface area contributed by atoms with Crippen molar-refractivity contribution >= 4 is 52.6 Å². The van der Waals surface area contributed by atoms with Crippen LogP contribution in [0.4, 0.5) is 0 Å². The Hall–Kier alpha value is -2.16. The standard InChI is InChI=1S/C21H17Cl3N2O5/c22-11-6-12(16(24)13(23)7-11)17-14-15(21(9-27,25-17)20(30)31)19(29)26(18(14)28)8-10-4-2-1-3-5-10/h1-7,14-15,17,25,27H,8-9H2,(H,30,31). The fourth-order valence-corrected chi connectivity index (χ4v) is 5.20. The number of aliphatic hydroxyl groups excluding tert-OH is 1. The Morgan fingerprint density at radius 3 is 2.39 bits per heavy atom. The van der Waals surface area contributed by atoms with Crippen LogP contribution < -0.4 is 5.32 Å². The quantitative estimate of drug-likeness (QED) is 0.446. The number of rotatable bonds is 5. The maximum absolute atomic E-state index is 13.4. The van der Waals surface area contributed by atoms with E-state index in [4.69, 9.17) is 34.8 Å². The van der Waals surface area contributed by atoms with Crippen LogP contribution in [0, 0.1) is 11.8 Å². The highest BCUT2D eigenvalue weighted by atomic mass is 35.5. The van der Waals surface area contributed by atoms with Gasteiger partial charge in [-0.3, -0.25) is 24.6 Å². The average molecular weight is 484 g/mol. The molecule has 2 heterocycles. The van der Waals surface area contributed by atoms with Crippen LogP contribution in [-0.2, 0) is 20.9 Å². The first-order chi connectivity index (χ1) is 14.7. The molecule has 0 saturated carbocycles. The van der Waals surface area contributed by atoms with Crippen LogP contribution in [0.25, 0.3) is 0 Å². The summed E-state index contributed by atoms with van der Waals surface area (Å²) in [6.45, 7) is -0.909. The summed E-state index contributed by atoms with van der Waals surface area (Å²) in [7, 11) is 0. The minimum Gasteiger partial charge on any atom is -0.480 e. The van der Waals surface area contributed by atoms with Gasteiger partial charge in [0, 0.05) is 11.1 Å². The number of hydrogen-bond acceptors (Lipinski definition) is 5. The normalized spacial score (nSPS) is 27.6. The molecule has 10 heteroatoms. The number of halogens is 3. The van der Waals surface area contributed by atoms with Gasteiger partial charge in [0.2, 0.25) is 11.8 Å². The minimum absolute atomic E-state index is 0.0105. The number of likely N-dealkylation sites (tertiary alicyclic amines) is 1. The lowest BCUT2D eigenvalue weighted by Crippen LogP contribution is -2.58. The van der Waals surface area contributed by atoms with E-state index in [2.05, 4.69) is 5.32 Å². The van der Waals surface area contributed by atoms with E-state index in [1.54, 1.807) is 30.3 Å². The summed E-state index contributed by atoms with van der Waals surface area (Å²) >= 11 is 18.6. The van der Waals surface area contributed by atoms with E-state index in [0.717, 1.165) is 4.90 Å². The number of nitrogens with one attached hydrogen (secondary N) is 1. The highest BCUT2D eigenvalue weighted by Gasteiger charge is 2.68. The predicted octanol–water partition coefficient (Wildman–Crippen LogP) is 2.91. The van der Waals surface area contributed by atoms with Crippen LogP contribution in [0.5, 0.6) is 0 Å². The molecule has 4 rings (SSSR count). The van der Waals surface area contributed by atoms with Crippen LogP contribution in [0.15, 0.2) is 42.5 Å². The summed E-state index contributed by atoms with van der Waals surface area (Å²) < 4.78 is 0. The van der Waals surface area contributed by atoms with Crippen molar-refractivity contribution in [1.29, 1.82) is 0 Å². The number of aliphatic hydroxyl groups is 1. The first kappa shape index (κ1) is 22.0. The Morgan fingerprint density at radius 1 is 1.10 bits per heavy atom. The smallest absolute Gasteiger partial charge is 0.327 e. The summed E-state index contributed by atoms with van der Waals surface area (Å²) in [5.74, 6) is -5.11. The summed E-state index contributed by atoms with van der Waals surface area (Å²) in [5.41, 5.74) is -1.07. The van der Waals surface area contributed by atoms with Gasteiger partial charge in [0.15, 0.2) is 5.54 Å². The first-order valence-corrected chi connectivity index (χ1v) is 10.5. The van der Waals surface area contributed by atoms with Crippen molar-refractivity contribution in [3.63, 3.8) is 0 Å². The lowest BCUT2D eigenvalue weighted by atomic mass is 9.79. The molecule has 3 N–H and O–H groups in total. The lowest BCUT2D eigenvalue weighted by molar-refractivity contribution is -0.153. The number of fused-ring (bicyclic) bond motifs is 1. The third kappa shape index (κ3) is 3.41. The molecule has 2 fully saturated rings. The van der Waals surface area contributed by atoms with Crippen LogP contribution >= 0.6 is 34.8 Å². The van der Waals surface area contributed by atoms with E-state index in [1.807, 2.05) is 0 Å². The third-order valence-electron chi connectivity index (χ3n) is 5.92. The number of carboxylic acid groups (broad SMARTS) is 1. The van der Waals surface area contributed by atoms with Crippen molar-refractivity contribution in [1.82, 2.24) is 10.2 Å². The molecule has 0 aromatic heterocycles. The Kier molecular flexibility index (Phi) is 5.74. The van der Waals surface area contributed by atoms with Crippen LogP contribution in [0.2, 0.25) is 15.1 Å². The molecule has 4 unspecified atom stereocenters. The van der Waals surface area contributed by atoms with Crippen LogP contribution in [-0.4, -0.2) is 45.0 Å². The number of benzene rings is 2. The molecule has 2 aliphatic rings. The number of hydrogen-bond donors (Lipinski definition) is 3. The summed E-state index contributed by atoms with van der Waals surface area (Å²) in [4.78, 5) is 39.9. The lowest BCUT2D eigenvalue weighted by Gasteiger charge is -2.29. The number of nitrogens with zero attached hydrogens (tertiary/aromatic N) is 1. The molecule has 2 amide bonds. The Balaban J connectivity index is 1.83. The molecule has 0 aliphatic carbocycles. The SMILES string of the molecule is O=C1C2C(c3cc(Cl)cc(Cl)c3Cl)NC(CO)(C(=O)O)C2C(=O)N1Cc1ccccc1. The fraction of sp³-hybridized carbons (Fsp3) is 0.286. The van der Waals surface area contributed by atoms with Gasteiger partial charge in [0.05, 0.1) is 35.0 Å². The zero-order valence-corrected chi connectivity index (χ0v) is 18.2. The van der Waals surface area contributed by atoms with E-state index in [9.17, 15) is 24.6 Å². The Morgan fingerprint density at radius 2 is 1.77 bits per heavy atom. The monoisotopic (exact) mass is 482 g/mol. The van der Waals surface area contributed by atoms with Crippen molar-refractivity contribution in [2.45, 2.75) is 18.1 Å². The molecule has 0 spiro atoms. The topological polar surface area (TPSA) is 107 Å². The number of aliphatic carboxylic acids is 1. The maximum atomic E-state index is 13.4. The predicted molar refractivity (Wildman–Crippen MR) is 114 cm³/mol. The van der Waals surface area contributed by atoms with Gasteiger partial charge in [-0.1, -0.05) is 65.1 Å². The van der Waals surface area contributed by atoms with Gasteiger partial charge in [0.1, 0.15) is 0 Å². The highest BCUT2D eigenvalue weighted by Crippen LogP contribution is 2.51. The molecule has 0 bridgehead atoms. The molecule has 31 heavy (non-hydrogen) atoms. The Bertz CT molecular complexity index is 1080. The fourth-order valence-electron chi connectivity index (χ4n) is 4.46. The summed E-state index contributed by atoms with van der Waals surface area (Å²) in [5, 5.41) is 23.2. The molecule has 2 aromatic carbocycles. The van der Waals surface area contributed by atoms with Gasteiger partial charge in [-0.25, -0.2) is 0 Å². The summed E-state index contributed by atoms with van der Waals surface area (Å²) in [6.07, 6.45) is 0. The van der Waals surface area contributed by atoms with E-state index >= 15 is 0 Å². The zero-order valence-electron chi connectivity index (χ0n) is 15.9. The number of carboxylic acids is 1. The van der Waals surface area contributed by atoms with Crippen molar-refractivity contribution in [2.24, 2.45) is 11.8 Å². The molecule has 4 atom stereocenters. The second kappa shape index (κ2) is 8.07. The van der Waals surface area contributed by atoms with Crippen molar-refractivity contribution in [3.05, 3.63) is 68.7 Å². The van der Waals surface area contributed by atoms with E-state index < -0.39 is 47.8 Å². The minimum atomic E-state index is -2.06. The third-order valence-corrected chi connectivity index (χ3v) is 6.95. The van der Waals surface area contributed by atoms with E-state index in [0.29, 0.717) is 5.56 Å². The van der Waals surface area contributed by atoms with Gasteiger partial charge < -0.3 is 10.2 Å². The molecular weight excluding hydrogens is 467 g/mol. The zero-order chi connectivity index (χ0) is 22.5. The van der Waals surface area contributed by atoms with Gasteiger partial charge in [-0.15, -0.1) is 0 Å². The first-order valence-electron chi connectivity index (χ1n) is 9.37. The molecule has 162 valence electrons. The van der Waals surface area contributed by atoms with Gasteiger partial charge in [0.25, 0.3) is 0 Å². The molecular formula is C21H17Cl3N2O5. The maximum Gasteiger partial charge on any atom is 0.327 e. The second-order valence-electron chi connectivity index (χ2n) is 7.60. The van der Waals surface area contributed by atoms with E-state index in [1.165, 1.54) is 12.1 Å². The number of carbonyl (C=O) groups excluding carboxylic acids is 2. The number of imide groups is 1. The highest BCUT2D eigenvalue weighted by molar-refractivity contribution is 6.43. The number of amides is 2. The van der Waals surface area contributed by atoms with Gasteiger partial charge in [-0.05, 0) is 23.3 Å². The van der Waals surface area contributed by atoms with Crippen molar-refractivity contribution < 1.29 is 24.6 Å². The van der Waals surface area contributed by atoms with Crippen LogP contribution in [0.3, 0.4) is 0 Å². The molecule has 2 aromatic rings. The largest absolute Gasteiger partial charge is 0.480 e. The molecule has 7 nitrogen and oxygen atoms in total. The van der Waals surface area contributed by atoms with E-state index in [-0.39, 0.29) is 27.2 Å². The van der Waals surface area contributed by atoms with Crippen LogP contribution in [0.1, 0.15) is 17.2 Å². The van der Waals surface area contributed by atoms with Crippen molar-refractivity contribution in [2.75, 3.05) is 6.61 Å². The average Bonchev–Trinajstić information content (AvgIpc) is 3.21. The number of carbonyl (C=O) groups is 3. The Labute approximate surface area is 192 Å². The van der Waals surface area contributed by atoms with Gasteiger partial charge >= 0.3 is 5.97 Å². The molecule has 0 radical (unpaired) electrons.